The van der Waals surface area contributed by atoms with Crippen LogP contribution in [0.25, 0.3) is 0 Å². The molecule has 0 saturated carbocycles. The third-order valence-electron chi connectivity index (χ3n) is 3.45. The Balaban J connectivity index is 0.00000242. The molecule has 1 unspecified atom stereocenters. The maximum absolute atomic E-state index is 5.65. The second kappa shape index (κ2) is 8.25. The van der Waals surface area contributed by atoms with Crippen molar-refractivity contribution >= 4 is 12.4 Å². The molecule has 0 radical (unpaired) electrons. The van der Waals surface area contributed by atoms with Crippen molar-refractivity contribution in [2.75, 3.05) is 0 Å². The van der Waals surface area contributed by atoms with E-state index in [4.69, 9.17) is 9.15 Å². The number of furan rings is 1. The van der Waals surface area contributed by atoms with Gasteiger partial charge in [0.25, 0.3) is 0 Å². The van der Waals surface area contributed by atoms with E-state index in [0.29, 0.717) is 0 Å². The van der Waals surface area contributed by atoms with Gasteiger partial charge in [-0.3, -0.25) is 0 Å². The monoisotopic (exact) mass is 323 g/mol. The highest BCUT2D eigenvalue weighted by molar-refractivity contribution is 5.85. The Hall–Kier alpha value is -1.45. The number of nitrogens with one attached hydrogen (secondary N) is 1. The van der Waals surface area contributed by atoms with Crippen LogP contribution in [0.4, 0.5) is 0 Å². The lowest BCUT2D eigenvalue weighted by Gasteiger charge is -2.14. The zero-order valence-corrected chi connectivity index (χ0v) is 14.8. The fraction of sp³-hybridized carbons (Fsp3) is 0.444. The molecule has 2 aromatic rings. The van der Waals surface area contributed by atoms with Crippen molar-refractivity contribution in [3.8, 4) is 5.75 Å². The van der Waals surface area contributed by atoms with Gasteiger partial charge in [0.2, 0.25) is 0 Å². The van der Waals surface area contributed by atoms with Gasteiger partial charge in [0.05, 0.1) is 6.10 Å². The molecular formula is C18H26ClNO2. The molecule has 1 atom stereocenters. The van der Waals surface area contributed by atoms with E-state index in [9.17, 15) is 0 Å². The van der Waals surface area contributed by atoms with Crippen LogP contribution >= 0.6 is 12.4 Å². The minimum atomic E-state index is 0. The first kappa shape index (κ1) is 18.6. The zero-order valence-electron chi connectivity index (χ0n) is 14.0. The van der Waals surface area contributed by atoms with Gasteiger partial charge in [0.15, 0.2) is 0 Å². The number of hydrogen-bond donors (Lipinski definition) is 1. The Bertz CT molecular complexity index is 575. The van der Waals surface area contributed by atoms with E-state index in [1.165, 1.54) is 11.1 Å². The predicted octanol–water partition coefficient (Wildman–Crippen LogP) is 4.96. The molecule has 0 aliphatic carbocycles. The van der Waals surface area contributed by atoms with Crippen molar-refractivity contribution in [2.45, 2.75) is 53.3 Å². The average molecular weight is 324 g/mol. The maximum Gasteiger partial charge on any atom is 0.119 e. The van der Waals surface area contributed by atoms with Gasteiger partial charge in [-0.25, -0.2) is 0 Å². The molecule has 0 spiro atoms. The molecule has 1 N–H and O–H groups in total. The van der Waals surface area contributed by atoms with Crippen LogP contribution in [0.5, 0.6) is 5.75 Å². The third-order valence-corrected chi connectivity index (χ3v) is 3.45. The maximum atomic E-state index is 5.65. The first-order valence-corrected chi connectivity index (χ1v) is 7.51. The van der Waals surface area contributed by atoms with E-state index in [1.807, 2.05) is 39.8 Å². The lowest BCUT2D eigenvalue weighted by atomic mass is 10.1. The zero-order chi connectivity index (χ0) is 15.4. The predicted molar refractivity (Wildman–Crippen MR) is 92.9 cm³/mol. The van der Waals surface area contributed by atoms with Crippen LogP contribution in [0.1, 0.15) is 49.5 Å². The second-order valence-electron chi connectivity index (χ2n) is 5.78. The minimum absolute atomic E-state index is 0. The molecule has 0 aliphatic heterocycles. The number of ether oxygens (including phenoxy) is 1. The van der Waals surface area contributed by atoms with E-state index in [1.54, 1.807) is 0 Å². The number of hydrogen-bond acceptors (Lipinski definition) is 3. The van der Waals surface area contributed by atoms with E-state index in [2.05, 4.69) is 30.4 Å². The van der Waals surface area contributed by atoms with Crippen LogP contribution < -0.4 is 10.1 Å². The smallest absolute Gasteiger partial charge is 0.119 e. The summed E-state index contributed by atoms with van der Waals surface area (Å²) in [4.78, 5) is 0. The van der Waals surface area contributed by atoms with Crippen molar-refractivity contribution in [2.24, 2.45) is 0 Å². The first-order chi connectivity index (χ1) is 9.95. The summed E-state index contributed by atoms with van der Waals surface area (Å²) in [5.41, 5.74) is 2.48. The number of benzene rings is 1. The topological polar surface area (TPSA) is 34.4 Å². The van der Waals surface area contributed by atoms with Gasteiger partial charge >= 0.3 is 0 Å². The molecule has 22 heavy (non-hydrogen) atoms. The highest BCUT2D eigenvalue weighted by Gasteiger charge is 2.12. The SMILES string of the molecule is Cc1cc(C(C)NCc2ccc(OC(C)C)cc2)c(C)o1.Cl. The summed E-state index contributed by atoms with van der Waals surface area (Å²) in [7, 11) is 0. The summed E-state index contributed by atoms with van der Waals surface area (Å²) >= 11 is 0. The minimum Gasteiger partial charge on any atom is -0.491 e. The Labute approximate surface area is 139 Å². The number of halogens is 1. The summed E-state index contributed by atoms with van der Waals surface area (Å²) in [5, 5.41) is 3.53. The summed E-state index contributed by atoms with van der Waals surface area (Å²) in [5.74, 6) is 2.88. The van der Waals surface area contributed by atoms with Crippen LogP contribution in [-0.2, 0) is 6.54 Å². The number of aryl methyl sites for hydroxylation is 2. The van der Waals surface area contributed by atoms with Gasteiger partial charge in [-0.2, -0.15) is 0 Å². The molecule has 0 saturated heterocycles. The molecule has 0 amide bonds. The fourth-order valence-corrected chi connectivity index (χ4v) is 2.42. The van der Waals surface area contributed by atoms with Gasteiger partial charge in [-0.15, -0.1) is 12.4 Å². The average Bonchev–Trinajstić information content (AvgIpc) is 2.76. The molecule has 0 aliphatic rings. The van der Waals surface area contributed by atoms with Crippen molar-refractivity contribution in [1.82, 2.24) is 5.32 Å². The van der Waals surface area contributed by atoms with Gasteiger partial charge < -0.3 is 14.5 Å². The third kappa shape index (κ3) is 5.08. The van der Waals surface area contributed by atoms with Crippen LogP contribution in [0.15, 0.2) is 34.7 Å². The Morgan fingerprint density at radius 3 is 2.23 bits per heavy atom. The number of rotatable bonds is 6. The van der Waals surface area contributed by atoms with Gasteiger partial charge in [0, 0.05) is 18.2 Å². The quantitative estimate of drug-likeness (QED) is 0.816. The van der Waals surface area contributed by atoms with Gasteiger partial charge in [0.1, 0.15) is 17.3 Å². The van der Waals surface area contributed by atoms with Crippen molar-refractivity contribution in [3.63, 3.8) is 0 Å². The van der Waals surface area contributed by atoms with E-state index in [-0.39, 0.29) is 24.6 Å². The molecule has 122 valence electrons. The molecule has 0 bridgehead atoms. The molecule has 2 rings (SSSR count). The van der Waals surface area contributed by atoms with E-state index < -0.39 is 0 Å². The highest BCUT2D eigenvalue weighted by atomic mass is 35.5. The van der Waals surface area contributed by atoms with Crippen molar-refractivity contribution in [3.05, 3.63) is 53.0 Å². The van der Waals surface area contributed by atoms with E-state index in [0.717, 1.165) is 23.8 Å². The normalized spacial score (nSPS) is 12.1. The molecule has 4 heteroatoms. The van der Waals surface area contributed by atoms with Crippen LogP contribution in [0, 0.1) is 13.8 Å². The van der Waals surface area contributed by atoms with Crippen LogP contribution in [0.2, 0.25) is 0 Å². The van der Waals surface area contributed by atoms with Crippen molar-refractivity contribution < 1.29 is 9.15 Å². The summed E-state index contributed by atoms with van der Waals surface area (Å²) in [6.45, 7) is 11.0. The summed E-state index contributed by atoms with van der Waals surface area (Å²) < 4.78 is 11.2. The molecule has 3 nitrogen and oxygen atoms in total. The standard InChI is InChI=1S/C18H25NO2.ClH/c1-12(2)20-17-8-6-16(7-9-17)11-19-14(4)18-10-13(3)21-15(18)5;/h6-10,12,14,19H,11H2,1-5H3;1H. The van der Waals surface area contributed by atoms with Crippen molar-refractivity contribution in [1.29, 1.82) is 0 Å². The highest BCUT2D eigenvalue weighted by Crippen LogP contribution is 2.22. The lowest BCUT2D eigenvalue weighted by Crippen LogP contribution is -2.18. The Morgan fingerprint density at radius 1 is 1.09 bits per heavy atom. The molecule has 1 aromatic heterocycles. The first-order valence-electron chi connectivity index (χ1n) is 7.51. The molecule has 0 fully saturated rings. The van der Waals surface area contributed by atoms with Gasteiger partial charge in [-0.05, 0) is 58.4 Å². The van der Waals surface area contributed by atoms with Gasteiger partial charge in [-0.1, -0.05) is 12.1 Å². The van der Waals surface area contributed by atoms with Crippen LogP contribution in [0.3, 0.4) is 0 Å². The Kier molecular flexibility index (Phi) is 6.98. The molecule has 1 aromatic carbocycles. The summed E-state index contributed by atoms with van der Waals surface area (Å²) in [6.07, 6.45) is 0.210. The Morgan fingerprint density at radius 2 is 1.73 bits per heavy atom. The fourth-order valence-electron chi connectivity index (χ4n) is 2.42. The second-order valence-corrected chi connectivity index (χ2v) is 5.78. The lowest BCUT2D eigenvalue weighted by molar-refractivity contribution is 0.242. The molecule has 1 heterocycles. The van der Waals surface area contributed by atoms with Crippen LogP contribution in [-0.4, -0.2) is 6.10 Å². The van der Waals surface area contributed by atoms with E-state index >= 15 is 0 Å². The molecular weight excluding hydrogens is 298 g/mol. The summed E-state index contributed by atoms with van der Waals surface area (Å²) in [6, 6.07) is 10.6. The largest absolute Gasteiger partial charge is 0.491 e.